The maximum atomic E-state index is 12.6. The Balaban J connectivity index is 1.76. The van der Waals surface area contributed by atoms with Crippen LogP contribution in [-0.2, 0) is 17.6 Å². The summed E-state index contributed by atoms with van der Waals surface area (Å²) < 4.78 is 15.4. The van der Waals surface area contributed by atoms with Crippen LogP contribution in [0, 0.1) is 0 Å². The molecule has 3 aromatic carbocycles. The molecule has 0 saturated heterocycles. The summed E-state index contributed by atoms with van der Waals surface area (Å²) in [6, 6.07) is 15.5. The van der Waals surface area contributed by atoms with E-state index < -0.39 is 0 Å². The van der Waals surface area contributed by atoms with E-state index in [-0.39, 0.29) is 12.3 Å². The van der Waals surface area contributed by atoms with Crippen LogP contribution in [0.1, 0.15) is 18.1 Å². The number of hydrogen-bond donors (Lipinski definition) is 2. The minimum atomic E-state index is -0.244. The van der Waals surface area contributed by atoms with Gasteiger partial charge in [0.05, 0.1) is 21.4 Å². The normalized spacial score (nSPS) is 10.7. The second kappa shape index (κ2) is 10.4. The van der Waals surface area contributed by atoms with Crippen molar-refractivity contribution in [2.24, 2.45) is 0 Å². The molecule has 0 fully saturated rings. The van der Waals surface area contributed by atoms with E-state index >= 15 is 0 Å². The molecule has 0 aliphatic carbocycles. The number of carbonyl (C=O) groups excluding carboxylic acids is 1. The van der Waals surface area contributed by atoms with E-state index in [1.54, 1.807) is 48.5 Å². The van der Waals surface area contributed by atoms with Gasteiger partial charge in [-0.1, -0.05) is 53.9 Å². The topological polar surface area (TPSA) is 58.6 Å². The lowest BCUT2D eigenvalue weighted by molar-refractivity contribution is -0.115. The van der Waals surface area contributed by atoms with E-state index in [1.165, 1.54) is 0 Å². The van der Waals surface area contributed by atoms with E-state index in [0.29, 0.717) is 54.8 Å². The van der Waals surface area contributed by atoms with Crippen LogP contribution in [0.15, 0.2) is 59.5 Å². The number of amides is 1. The Morgan fingerprint density at radius 2 is 1.90 bits per heavy atom. The fraction of sp³-hybridized carbons (Fsp3) is 0.136. The van der Waals surface area contributed by atoms with Gasteiger partial charge in [0.15, 0.2) is 0 Å². The third-order valence-corrected chi connectivity index (χ3v) is 5.96. The van der Waals surface area contributed by atoms with Crippen molar-refractivity contribution in [1.29, 1.82) is 0 Å². The number of hydrogen-bond acceptors (Lipinski definition) is 4. The van der Waals surface area contributed by atoms with Crippen LogP contribution in [-0.4, -0.2) is 10.5 Å². The minimum Gasteiger partial charge on any atom is -0.456 e. The summed E-state index contributed by atoms with van der Waals surface area (Å²) in [5.74, 6) is 0.734. The second-order valence-electron chi connectivity index (χ2n) is 6.39. The molecule has 0 heterocycles. The van der Waals surface area contributed by atoms with Crippen molar-refractivity contribution in [2.75, 3.05) is 5.32 Å². The van der Waals surface area contributed by atoms with Gasteiger partial charge in [0.1, 0.15) is 11.5 Å². The van der Waals surface area contributed by atoms with Crippen LogP contribution in [0.5, 0.6) is 11.5 Å². The van der Waals surface area contributed by atoms with E-state index in [4.69, 9.17) is 39.5 Å². The first-order chi connectivity index (χ1) is 14.4. The number of anilines is 1. The zero-order valence-electron chi connectivity index (χ0n) is 15.9. The zero-order valence-corrected chi connectivity index (χ0v) is 19.0. The largest absolute Gasteiger partial charge is 0.456 e. The van der Waals surface area contributed by atoms with Crippen LogP contribution >= 0.6 is 46.8 Å². The monoisotopic (exact) mass is 481 g/mol. The van der Waals surface area contributed by atoms with Crippen molar-refractivity contribution in [3.8, 4) is 11.5 Å². The molecule has 8 heteroatoms. The maximum absolute atomic E-state index is 12.6. The number of benzene rings is 3. The molecule has 0 atom stereocenters. The molecule has 0 radical (unpaired) electrons. The first kappa shape index (κ1) is 22.8. The lowest BCUT2D eigenvalue weighted by Crippen LogP contribution is -2.16. The van der Waals surface area contributed by atoms with Crippen molar-refractivity contribution in [2.45, 2.75) is 24.7 Å². The fourth-order valence-electron chi connectivity index (χ4n) is 2.92. The summed E-state index contributed by atoms with van der Waals surface area (Å²) in [6.07, 6.45) is 0.825. The van der Waals surface area contributed by atoms with Crippen molar-refractivity contribution < 1.29 is 14.1 Å². The number of ether oxygens (including phenoxy) is 1. The predicted molar refractivity (Wildman–Crippen MR) is 125 cm³/mol. The summed E-state index contributed by atoms with van der Waals surface area (Å²) in [5, 5.41) is 4.17. The van der Waals surface area contributed by atoms with E-state index in [2.05, 4.69) is 5.32 Å². The molecule has 3 rings (SSSR count). The van der Waals surface area contributed by atoms with Crippen molar-refractivity contribution >= 4 is 58.4 Å². The molecule has 0 unspecified atom stereocenters. The van der Waals surface area contributed by atoms with Crippen LogP contribution in [0.25, 0.3) is 0 Å². The summed E-state index contributed by atoms with van der Waals surface area (Å²) in [6.45, 7) is 1.99. The molecular formula is C22H18Cl3NO3S. The first-order valence-corrected chi connectivity index (χ1v) is 11.0. The Labute approximate surface area is 194 Å². The van der Waals surface area contributed by atoms with Gasteiger partial charge in [-0.25, -0.2) is 0 Å². The quantitative estimate of drug-likeness (QED) is 0.338. The van der Waals surface area contributed by atoms with Gasteiger partial charge in [0.25, 0.3) is 0 Å². The zero-order chi connectivity index (χ0) is 21.7. The van der Waals surface area contributed by atoms with E-state index in [0.717, 1.165) is 12.0 Å². The highest BCUT2D eigenvalue weighted by Crippen LogP contribution is 2.35. The number of rotatable bonds is 7. The Kier molecular flexibility index (Phi) is 7.92. The van der Waals surface area contributed by atoms with Gasteiger partial charge < -0.3 is 14.6 Å². The summed E-state index contributed by atoms with van der Waals surface area (Å²) in [7, 11) is 0. The van der Waals surface area contributed by atoms with Gasteiger partial charge >= 0.3 is 0 Å². The highest BCUT2D eigenvalue weighted by atomic mass is 35.5. The standard InChI is InChI=1S/C22H18Cl3NO3S/c1-2-13-6-8-18(24)22(25)17(13)12-21(27)26-15-7-9-19(20(11-15)30-28)29-16-5-3-4-14(23)10-16/h3-11,28H,2,12H2,1H3,(H,26,27). The minimum absolute atomic E-state index is 0.0882. The van der Waals surface area contributed by atoms with E-state index in [9.17, 15) is 9.35 Å². The third kappa shape index (κ3) is 5.62. The fourth-order valence-corrected chi connectivity index (χ4v) is 3.91. The van der Waals surface area contributed by atoms with Crippen molar-refractivity contribution in [3.05, 3.63) is 80.8 Å². The maximum Gasteiger partial charge on any atom is 0.228 e. The molecule has 30 heavy (non-hydrogen) atoms. The molecule has 0 aromatic heterocycles. The van der Waals surface area contributed by atoms with Gasteiger partial charge in [-0.15, -0.1) is 0 Å². The first-order valence-electron chi connectivity index (χ1n) is 9.05. The number of nitrogens with one attached hydrogen (secondary N) is 1. The summed E-state index contributed by atoms with van der Waals surface area (Å²) in [5.41, 5.74) is 2.20. The average Bonchev–Trinajstić information content (AvgIpc) is 2.72. The molecule has 1 amide bonds. The molecule has 0 spiro atoms. The molecular weight excluding hydrogens is 465 g/mol. The van der Waals surface area contributed by atoms with Crippen molar-refractivity contribution in [1.82, 2.24) is 0 Å². The van der Waals surface area contributed by atoms with Gasteiger partial charge in [0.2, 0.25) is 5.91 Å². The molecule has 4 nitrogen and oxygen atoms in total. The molecule has 156 valence electrons. The number of aryl methyl sites for hydroxylation is 1. The number of halogens is 3. The Morgan fingerprint density at radius 3 is 2.60 bits per heavy atom. The van der Waals surface area contributed by atoms with Gasteiger partial charge in [0, 0.05) is 22.8 Å². The molecule has 2 N–H and O–H groups in total. The lowest BCUT2D eigenvalue weighted by Gasteiger charge is -2.14. The SMILES string of the molecule is CCc1ccc(Cl)c(Cl)c1CC(=O)Nc1ccc(Oc2cccc(Cl)c2)c(SO)c1. The van der Waals surface area contributed by atoms with Crippen LogP contribution in [0.2, 0.25) is 15.1 Å². The van der Waals surface area contributed by atoms with Gasteiger partial charge in [-0.2, -0.15) is 0 Å². The van der Waals surface area contributed by atoms with Crippen LogP contribution < -0.4 is 10.1 Å². The Morgan fingerprint density at radius 1 is 1.10 bits per heavy atom. The molecule has 3 aromatic rings. The Hall–Kier alpha value is -1.89. The predicted octanol–water partition coefficient (Wildman–Crippen LogP) is 7.75. The van der Waals surface area contributed by atoms with Crippen molar-refractivity contribution in [3.63, 3.8) is 0 Å². The van der Waals surface area contributed by atoms with Crippen LogP contribution in [0.4, 0.5) is 5.69 Å². The second-order valence-corrected chi connectivity index (χ2v) is 8.23. The van der Waals surface area contributed by atoms with Gasteiger partial charge in [-0.3, -0.25) is 4.79 Å². The summed E-state index contributed by atoms with van der Waals surface area (Å²) >= 11 is 18.9. The number of carbonyl (C=O) groups is 1. The lowest BCUT2D eigenvalue weighted by atomic mass is 10.0. The smallest absolute Gasteiger partial charge is 0.228 e. The molecule has 0 bridgehead atoms. The third-order valence-electron chi connectivity index (χ3n) is 4.36. The molecule has 0 aliphatic rings. The molecule has 0 saturated carbocycles. The van der Waals surface area contributed by atoms with Gasteiger partial charge in [-0.05, 0) is 60.0 Å². The Bertz CT molecular complexity index is 1080. The van der Waals surface area contributed by atoms with Crippen LogP contribution in [0.3, 0.4) is 0 Å². The summed E-state index contributed by atoms with van der Waals surface area (Å²) in [4.78, 5) is 13.0. The van der Waals surface area contributed by atoms with E-state index in [1.807, 2.05) is 13.0 Å². The average molecular weight is 483 g/mol. The highest BCUT2D eigenvalue weighted by molar-refractivity contribution is 7.93. The highest BCUT2D eigenvalue weighted by Gasteiger charge is 2.15. The molecule has 0 aliphatic heterocycles.